The fourth-order valence-electron chi connectivity index (χ4n) is 1.25. The maximum atomic E-state index is 4.19. The lowest BCUT2D eigenvalue weighted by atomic mass is 10.3. The third-order valence-electron chi connectivity index (χ3n) is 1.97. The summed E-state index contributed by atoms with van der Waals surface area (Å²) in [5.41, 5.74) is 5.37. The number of imidazole rings is 1. The Morgan fingerprint density at radius 3 is 2.80 bits per heavy atom. The van der Waals surface area contributed by atoms with E-state index in [1.807, 2.05) is 28.9 Å². The summed E-state index contributed by atoms with van der Waals surface area (Å²) in [6.07, 6.45) is 5.76. The van der Waals surface area contributed by atoms with Crippen molar-refractivity contribution in [1.29, 1.82) is 0 Å². The number of nitrogens with zero attached hydrogens (tertiary/aromatic N) is 2. The average molecular weight is 214 g/mol. The van der Waals surface area contributed by atoms with Gasteiger partial charge < -0.3 is 4.40 Å². The quantitative estimate of drug-likeness (QED) is 0.486. The van der Waals surface area contributed by atoms with Gasteiger partial charge in [-0.15, -0.1) is 5.54 Å². The van der Waals surface area contributed by atoms with Crippen LogP contribution in [0.25, 0.3) is 5.65 Å². The predicted molar refractivity (Wildman–Crippen MR) is 65.4 cm³/mol. The smallest absolute Gasteiger partial charge is 0.136 e. The predicted octanol–water partition coefficient (Wildman–Crippen LogP) is 2.56. The molecule has 0 aliphatic rings. The summed E-state index contributed by atoms with van der Waals surface area (Å²) >= 11 is 0. The Morgan fingerprint density at radius 1 is 1.27 bits per heavy atom. The zero-order chi connectivity index (χ0) is 10.9. The Morgan fingerprint density at radius 2 is 2.07 bits per heavy atom. The van der Waals surface area contributed by atoms with Gasteiger partial charge in [0.2, 0.25) is 0 Å². The highest BCUT2D eigenvalue weighted by atomic mass is 28.3. The van der Waals surface area contributed by atoms with Crippen LogP contribution in [0, 0.1) is 11.5 Å². The summed E-state index contributed by atoms with van der Waals surface area (Å²) in [5, 5.41) is 0. The molecule has 0 aromatic carbocycles. The molecule has 3 heteroatoms. The van der Waals surface area contributed by atoms with Crippen LogP contribution in [0.4, 0.5) is 0 Å². The van der Waals surface area contributed by atoms with Crippen molar-refractivity contribution in [2.45, 2.75) is 19.6 Å². The summed E-state index contributed by atoms with van der Waals surface area (Å²) in [5.74, 6) is 3.23. The molecule has 2 aromatic heterocycles. The molecule has 0 aliphatic heterocycles. The van der Waals surface area contributed by atoms with Crippen LogP contribution in [0.15, 0.2) is 30.7 Å². The molecule has 2 aromatic rings. The van der Waals surface area contributed by atoms with Crippen molar-refractivity contribution in [2.24, 2.45) is 0 Å². The third kappa shape index (κ3) is 2.48. The van der Waals surface area contributed by atoms with Crippen molar-refractivity contribution in [2.75, 3.05) is 0 Å². The molecule has 0 bridgehead atoms. The van der Waals surface area contributed by atoms with E-state index in [1.54, 1.807) is 6.20 Å². The van der Waals surface area contributed by atoms with Gasteiger partial charge in [-0.25, -0.2) is 4.98 Å². The molecule has 76 valence electrons. The highest BCUT2D eigenvalue weighted by Crippen LogP contribution is 2.04. The van der Waals surface area contributed by atoms with E-state index in [4.69, 9.17) is 0 Å². The van der Waals surface area contributed by atoms with Gasteiger partial charge in [0.05, 0.1) is 0 Å². The highest BCUT2D eigenvalue weighted by molar-refractivity contribution is 6.83. The number of aromatic nitrogens is 2. The molecular formula is C12H14N2Si. The summed E-state index contributed by atoms with van der Waals surface area (Å²) in [6, 6.07) is 4.02. The van der Waals surface area contributed by atoms with Gasteiger partial charge >= 0.3 is 0 Å². The number of fused-ring (bicyclic) bond motifs is 1. The second-order valence-corrected chi connectivity index (χ2v) is 9.36. The molecular weight excluding hydrogens is 200 g/mol. The normalized spacial score (nSPS) is 11.1. The molecule has 2 heterocycles. The van der Waals surface area contributed by atoms with Crippen molar-refractivity contribution in [3.05, 3.63) is 36.3 Å². The largest absolute Gasteiger partial charge is 0.306 e. The van der Waals surface area contributed by atoms with E-state index in [0.29, 0.717) is 0 Å². The first kappa shape index (κ1) is 10.0. The van der Waals surface area contributed by atoms with Gasteiger partial charge in [0.25, 0.3) is 0 Å². The van der Waals surface area contributed by atoms with Gasteiger partial charge in [-0.2, -0.15) is 0 Å². The van der Waals surface area contributed by atoms with Gasteiger partial charge in [0, 0.05) is 24.2 Å². The Labute approximate surface area is 91.0 Å². The lowest BCUT2D eigenvalue weighted by Gasteiger charge is -2.03. The first-order valence-electron chi connectivity index (χ1n) is 5.00. The van der Waals surface area contributed by atoms with Gasteiger partial charge in [0.15, 0.2) is 0 Å². The molecule has 0 spiro atoms. The zero-order valence-corrected chi connectivity index (χ0v) is 10.3. The number of pyridine rings is 1. The lowest BCUT2D eigenvalue weighted by molar-refractivity contribution is 1.18. The monoisotopic (exact) mass is 214 g/mol. The van der Waals surface area contributed by atoms with Gasteiger partial charge in [-0.1, -0.05) is 25.6 Å². The fourth-order valence-corrected chi connectivity index (χ4v) is 1.77. The van der Waals surface area contributed by atoms with Crippen molar-refractivity contribution in [1.82, 2.24) is 9.38 Å². The molecule has 0 aliphatic carbocycles. The van der Waals surface area contributed by atoms with E-state index >= 15 is 0 Å². The minimum atomic E-state index is -1.28. The van der Waals surface area contributed by atoms with E-state index < -0.39 is 8.07 Å². The first-order chi connectivity index (χ1) is 7.04. The minimum absolute atomic E-state index is 0.966. The van der Waals surface area contributed by atoms with E-state index in [2.05, 4.69) is 36.1 Å². The van der Waals surface area contributed by atoms with Crippen molar-refractivity contribution < 1.29 is 0 Å². The number of hydrogen-bond acceptors (Lipinski definition) is 1. The van der Waals surface area contributed by atoms with Gasteiger partial charge in [-0.3, -0.25) is 0 Å². The molecule has 0 radical (unpaired) electrons. The van der Waals surface area contributed by atoms with Crippen LogP contribution in [-0.2, 0) is 0 Å². The summed E-state index contributed by atoms with van der Waals surface area (Å²) in [6.45, 7) is 6.74. The summed E-state index contributed by atoms with van der Waals surface area (Å²) < 4.78 is 1.99. The molecule has 0 fully saturated rings. The second kappa shape index (κ2) is 3.56. The van der Waals surface area contributed by atoms with Crippen LogP contribution in [0.3, 0.4) is 0 Å². The van der Waals surface area contributed by atoms with Crippen LogP contribution >= 0.6 is 0 Å². The zero-order valence-electron chi connectivity index (χ0n) is 9.28. The van der Waals surface area contributed by atoms with Crippen molar-refractivity contribution in [3.63, 3.8) is 0 Å². The maximum Gasteiger partial charge on any atom is 0.136 e. The van der Waals surface area contributed by atoms with Crippen LogP contribution in [0.5, 0.6) is 0 Å². The second-order valence-electron chi connectivity index (χ2n) is 4.61. The molecule has 2 rings (SSSR count). The Balaban J connectivity index is 2.39. The lowest BCUT2D eigenvalue weighted by Crippen LogP contribution is -2.16. The van der Waals surface area contributed by atoms with Gasteiger partial charge in [0.1, 0.15) is 13.7 Å². The standard InChI is InChI=1S/C12H14N2Si/c1-15(2,3)9-6-11-4-5-12-13-7-8-14(12)10-11/h4-5,7-8,10H,1-3H3. The Hall–Kier alpha value is -1.53. The van der Waals surface area contributed by atoms with Gasteiger partial charge in [-0.05, 0) is 12.1 Å². The minimum Gasteiger partial charge on any atom is -0.306 e. The van der Waals surface area contributed by atoms with E-state index in [-0.39, 0.29) is 0 Å². The van der Waals surface area contributed by atoms with E-state index in [1.165, 1.54) is 0 Å². The topological polar surface area (TPSA) is 17.3 Å². The maximum absolute atomic E-state index is 4.19. The SMILES string of the molecule is C[Si](C)(C)C#Cc1ccc2nccn2c1. The molecule has 0 saturated carbocycles. The number of hydrogen-bond donors (Lipinski definition) is 0. The van der Waals surface area contributed by atoms with E-state index in [9.17, 15) is 0 Å². The molecule has 0 saturated heterocycles. The summed E-state index contributed by atoms with van der Waals surface area (Å²) in [7, 11) is -1.28. The fraction of sp³-hybridized carbons (Fsp3) is 0.250. The third-order valence-corrected chi connectivity index (χ3v) is 2.85. The van der Waals surface area contributed by atoms with Crippen molar-refractivity contribution >= 4 is 13.7 Å². The Kier molecular flexibility index (Phi) is 2.37. The molecule has 15 heavy (non-hydrogen) atoms. The molecule has 0 amide bonds. The van der Waals surface area contributed by atoms with Crippen molar-refractivity contribution in [3.8, 4) is 11.5 Å². The van der Waals surface area contributed by atoms with Crippen LogP contribution in [0.2, 0.25) is 19.6 Å². The van der Waals surface area contributed by atoms with Crippen LogP contribution in [0.1, 0.15) is 5.56 Å². The van der Waals surface area contributed by atoms with Crippen LogP contribution < -0.4 is 0 Å². The molecule has 2 nitrogen and oxygen atoms in total. The Bertz CT molecular complexity index is 538. The molecule has 0 N–H and O–H groups in total. The summed E-state index contributed by atoms with van der Waals surface area (Å²) in [4.78, 5) is 4.19. The average Bonchev–Trinajstić information content (AvgIpc) is 2.60. The number of rotatable bonds is 0. The molecule has 0 atom stereocenters. The first-order valence-corrected chi connectivity index (χ1v) is 8.50. The highest BCUT2D eigenvalue weighted by Gasteiger charge is 2.07. The van der Waals surface area contributed by atoms with E-state index in [0.717, 1.165) is 11.2 Å². The molecule has 0 unspecified atom stereocenters. The van der Waals surface area contributed by atoms with Crippen LogP contribution in [-0.4, -0.2) is 17.5 Å².